The molecular formula is C10H17NO4. The summed E-state index contributed by atoms with van der Waals surface area (Å²) in [5.41, 5.74) is -2.17. The van der Waals surface area contributed by atoms with E-state index < -0.39 is 23.2 Å². The van der Waals surface area contributed by atoms with Gasteiger partial charge in [-0.05, 0) is 27.7 Å². The molecule has 0 bridgehead atoms. The Hall–Kier alpha value is -1.52. The maximum Gasteiger partial charge on any atom is 0.408 e. The summed E-state index contributed by atoms with van der Waals surface area (Å²) in [5, 5.41) is 11.1. The lowest BCUT2D eigenvalue weighted by Gasteiger charge is -2.25. The monoisotopic (exact) mass is 215 g/mol. The Bertz CT molecular complexity index is 280. The van der Waals surface area contributed by atoms with Crippen molar-refractivity contribution in [2.24, 2.45) is 0 Å². The highest BCUT2D eigenvalue weighted by atomic mass is 16.6. The first-order chi connectivity index (χ1) is 6.60. The normalized spacial score (nSPS) is 14.9. The molecule has 0 aliphatic heterocycles. The van der Waals surface area contributed by atoms with E-state index in [1.165, 1.54) is 6.92 Å². The summed E-state index contributed by atoms with van der Waals surface area (Å²) in [6, 6.07) is 0. The number of alkyl carbamates (subject to hydrolysis) is 1. The van der Waals surface area contributed by atoms with Crippen LogP contribution in [-0.4, -0.2) is 28.3 Å². The first-order valence-electron chi connectivity index (χ1n) is 4.49. The van der Waals surface area contributed by atoms with Crippen LogP contribution >= 0.6 is 0 Å². The van der Waals surface area contributed by atoms with Gasteiger partial charge in [0.1, 0.15) is 5.60 Å². The van der Waals surface area contributed by atoms with Crippen molar-refractivity contribution in [1.82, 2.24) is 5.32 Å². The smallest absolute Gasteiger partial charge is 0.408 e. The Labute approximate surface area is 89.1 Å². The number of carboxylic acids is 1. The second-order valence-corrected chi connectivity index (χ2v) is 4.34. The number of carbonyl (C=O) groups is 2. The van der Waals surface area contributed by atoms with Gasteiger partial charge >= 0.3 is 12.1 Å². The van der Waals surface area contributed by atoms with Crippen LogP contribution in [0.15, 0.2) is 12.7 Å². The number of carbonyl (C=O) groups excluding carboxylic acids is 1. The molecule has 0 radical (unpaired) electrons. The molecule has 0 fully saturated rings. The minimum absolute atomic E-state index is 0.662. The minimum atomic E-state index is -1.51. The van der Waals surface area contributed by atoms with Crippen molar-refractivity contribution in [3.8, 4) is 0 Å². The van der Waals surface area contributed by atoms with Crippen molar-refractivity contribution in [2.75, 3.05) is 0 Å². The highest BCUT2D eigenvalue weighted by Crippen LogP contribution is 2.10. The molecule has 0 aromatic heterocycles. The molecule has 1 amide bonds. The Morgan fingerprint density at radius 3 is 2.07 bits per heavy atom. The van der Waals surface area contributed by atoms with Crippen LogP contribution in [-0.2, 0) is 9.53 Å². The van der Waals surface area contributed by atoms with Crippen molar-refractivity contribution in [3.63, 3.8) is 0 Å². The van der Waals surface area contributed by atoms with Gasteiger partial charge in [-0.2, -0.15) is 0 Å². The summed E-state index contributed by atoms with van der Waals surface area (Å²) < 4.78 is 4.92. The molecule has 0 spiro atoms. The highest BCUT2D eigenvalue weighted by molar-refractivity contribution is 5.86. The quantitative estimate of drug-likeness (QED) is 0.700. The zero-order valence-corrected chi connectivity index (χ0v) is 9.46. The second kappa shape index (κ2) is 4.33. The van der Waals surface area contributed by atoms with Crippen LogP contribution in [0.25, 0.3) is 0 Å². The third-order valence-corrected chi connectivity index (χ3v) is 1.61. The van der Waals surface area contributed by atoms with Crippen molar-refractivity contribution in [3.05, 3.63) is 12.7 Å². The van der Waals surface area contributed by atoms with Crippen molar-refractivity contribution < 1.29 is 19.4 Å². The van der Waals surface area contributed by atoms with Crippen LogP contribution in [0, 0.1) is 0 Å². The van der Waals surface area contributed by atoms with E-state index in [1.807, 2.05) is 0 Å². The lowest BCUT2D eigenvalue weighted by atomic mass is 10.0. The van der Waals surface area contributed by atoms with Crippen LogP contribution in [0.5, 0.6) is 0 Å². The van der Waals surface area contributed by atoms with Gasteiger partial charge in [0.2, 0.25) is 0 Å². The number of carboxylic acid groups (broad SMARTS) is 1. The third kappa shape index (κ3) is 4.49. The summed E-state index contributed by atoms with van der Waals surface area (Å²) in [7, 11) is 0. The van der Waals surface area contributed by atoms with E-state index in [0.29, 0.717) is 0 Å². The molecule has 5 heteroatoms. The van der Waals surface area contributed by atoms with Crippen molar-refractivity contribution >= 4 is 12.1 Å². The van der Waals surface area contributed by atoms with Gasteiger partial charge in [-0.3, -0.25) is 0 Å². The molecule has 15 heavy (non-hydrogen) atoms. The molecule has 1 atom stereocenters. The van der Waals surface area contributed by atoms with Crippen LogP contribution < -0.4 is 5.32 Å². The van der Waals surface area contributed by atoms with Crippen LogP contribution in [0.4, 0.5) is 4.79 Å². The summed E-state index contributed by atoms with van der Waals surface area (Å²) in [5.74, 6) is -1.19. The average Bonchev–Trinajstić information content (AvgIpc) is 1.99. The zero-order valence-electron chi connectivity index (χ0n) is 9.46. The van der Waals surface area contributed by atoms with E-state index >= 15 is 0 Å². The van der Waals surface area contributed by atoms with Gasteiger partial charge < -0.3 is 15.2 Å². The van der Waals surface area contributed by atoms with E-state index in [9.17, 15) is 9.59 Å². The maximum absolute atomic E-state index is 11.3. The lowest BCUT2D eigenvalue weighted by molar-refractivity contribution is -0.142. The summed E-state index contributed by atoms with van der Waals surface area (Å²) in [6.45, 7) is 9.76. The van der Waals surface area contributed by atoms with Crippen molar-refractivity contribution in [1.29, 1.82) is 0 Å². The third-order valence-electron chi connectivity index (χ3n) is 1.61. The highest BCUT2D eigenvalue weighted by Gasteiger charge is 2.33. The Morgan fingerprint density at radius 2 is 1.80 bits per heavy atom. The first kappa shape index (κ1) is 13.5. The van der Waals surface area contributed by atoms with Gasteiger partial charge in [0, 0.05) is 0 Å². The number of hydrogen-bond acceptors (Lipinski definition) is 3. The fraction of sp³-hybridized carbons (Fsp3) is 0.600. The van der Waals surface area contributed by atoms with E-state index in [1.54, 1.807) is 20.8 Å². The summed E-state index contributed by atoms with van der Waals surface area (Å²) in [4.78, 5) is 22.1. The predicted octanol–water partition coefficient (Wildman–Crippen LogP) is 1.54. The zero-order chi connectivity index (χ0) is 12.3. The lowest BCUT2D eigenvalue weighted by Crippen LogP contribution is -2.51. The molecule has 0 rings (SSSR count). The first-order valence-corrected chi connectivity index (χ1v) is 4.49. The SMILES string of the molecule is C=CC(C)(NC(=O)OC(C)(C)C)C(=O)O. The van der Waals surface area contributed by atoms with Crippen LogP contribution in [0.3, 0.4) is 0 Å². The van der Waals surface area contributed by atoms with Gasteiger partial charge in [-0.1, -0.05) is 6.08 Å². The molecule has 0 saturated carbocycles. The number of hydrogen-bond donors (Lipinski definition) is 2. The predicted molar refractivity (Wildman–Crippen MR) is 55.6 cm³/mol. The van der Waals surface area contributed by atoms with Gasteiger partial charge in [0.25, 0.3) is 0 Å². The second-order valence-electron chi connectivity index (χ2n) is 4.34. The number of nitrogens with one attached hydrogen (secondary N) is 1. The average molecular weight is 215 g/mol. The molecule has 5 nitrogen and oxygen atoms in total. The number of rotatable bonds is 3. The van der Waals surface area contributed by atoms with Gasteiger partial charge in [0.05, 0.1) is 0 Å². The van der Waals surface area contributed by atoms with Crippen LogP contribution in [0.1, 0.15) is 27.7 Å². The summed E-state index contributed by atoms with van der Waals surface area (Å²) in [6.07, 6.45) is 0.353. The Kier molecular flexibility index (Phi) is 3.90. The number of amides is 1. The number of aliphatic carboxylic acids is 1. The fourth-order valence-corrected chi connectivity index (χ4v) is 0.707. The van der Waals surface area contributed by atoms with E-state index in [-0.39, 0.29) is 0 Å². The van der Waals surface area contributed by atoms with Gasteiger partial charge in [-0.15, -0.1) is 6.58 Å². The molecule has 0 aromatic carbocycles. The molecule has 0 saturated heterocycles. The van der Waals surface area contributed by atoms with E-state index in [2.05, 4.69) is 11.9 Å². The standard InChI is InChI=1S/C10H17NO4/c1-6-10(5,7(12)13)11-8(14)15-9(2,3)4/h6H,1H2,2-5H3,(H,11,14)(H,12,13). The molecule has 0 aliphatic carbocycles. The maximum atomic E-state index is 11.3. The minimum Gasteiger partial charge on any atom is -0.479 e. The molecule has 86 valence electrons. The Balaban J connectivity index is 4.52. The molecule has 0 aromatic rings. The van der Waals surface area contributed by atoms with Crippen LogP contribution in [0.2, 0.25) is 0 Å². The Morgan fingerprint density at radius 1 is 1.33 bits per heavy atom. The number of ether oxygens (including phenoxy) is 1. The van der Waals surface area contributed by atoms with E-state index in [0.717, 1.165) is 6.08 Å². The summed E-state index contributed by atoms with van der Waals surface area (Å²) >= 11 is 0. The van der Waals surface area contributed by atoms with Crippen molar-refractivity contribution in [2.45, 2.75) is 38.8 Å². The van der Waals surface area contributed by atoms with Gasteiger partial charge in [-0.25, -0.2) is 9.59 Å². The molecule has 0 heterocycles. The molecule has 1 unspecified atom stereocenters. The topological polar surface area (TPSA) is 75.6 Å². The molecule has 2 N–H and O–H groups in total. The van der Waals surface area contributed by atoms with E-state index in [4.69, 9.17) is 9.84 Å². The largest absolute Gasteiger partial charge is 0.479 e. The molecule has 0 aliphatic rings. The fourth-order valence-electron chi connectivity index (χ4n) is 0.707. The van der Waals surface area contributed by atoms with Gasteiger partial charge in [0.15, 0.2) is 5.54 Å². The molecular weight excluding hydrogens is 198 g/mol.